The Hall–Kier alpha value is -1.60. The summed E-state index contributed by atoms with van der Waals surface area (Å²) < 4.78 is 0. The molecule has 0 unspecified atom stereocenters. The molecule has 76 valence electrons. The van der Waals surface area contributed by atoms with Crippen LogP contribution >= 0.6 is 0 Å². The number of rotatable bonds is 1. The third-order valence-corrected chi connectivity index (χ3v) is 2.98. The van der Waals surface area contributed by atoms with Crippen LogP contribution in [0.25, 0.3) is 11.1 Å². The third kappa shape index (κ3) is 1.66. The number of benzene rings is 2. The minimum atomic E-state index is 0. The van der Waals surface area contributed by atoms with Gasteiger partial charge in [-0.25, -0.2) is 0 Å². The lowest BCUT2D eigenvalue weighted by molar-refractivity contribution is 0.840. The van der Waals surface area contributed by atoms with E-state index in [4.69, 9.17) is 0 Å². The second-order valence-electron chi connectivity index (χ2n) is 3.85. The van der Waals surface area contributed by atoms with Crippen LogP contribution in [0.2, 0.25) is 0 Å². The minimum absolute atomic E-state index is 0. The summed E-state index contributed by atoms with van der Waals surface area (Å²) in [6, 6.07) is 17.4. The summed E-state index contributed by atoms with van der Waals surface area (Å²) in [5.41, 5.74) is 5.74. The second kappa shape index (κ2) is 3.87. The van der Waals surface area contributed by atoms with E-state index in [0.717, 1.165) is 0 Å². The zero-order chi connectivity index (χ0) is 9.38. The van der Waals surface area contributed by atoms with Gasteiger partial charge in [0.2, 0.25) is 0 Å². The molecule has 0 fully saturated rings. The van der Waals surface area contributed by atoms with Crippen LogP contribution in [0.4, 0.5) is 0 Å². The van der Waals surface area contributed by atoms with Gasteiger partial charge in [0.25, 0.3) is 0 Å². The predicted octanol–water partition coefficient (Wildman–Crippen LogP) is 3.61. The van der Waals surface area contributed by atoms with Crippen LogP contribution in [0.5, 0.6) is 0 Å². The molecular formula is C14H15N. The molecule has 1 nitrogen and oxygen atoms in total. The highest BCUT2D eigenvalue weighted by atomic mass is 14.2. The number of hydrogen-bond acceptors (Lipinski definition) is 1. The first-order valence-electron chi connectivity index (χ1n) is 5.11. The summed E-state index contributed by atoms with van der Waals surface area (Å²) in [5, 5.41) is 0. The molecule has 0 saturated heterocycles. The molecule has 0 radical (unpaired) electrons. The lowest BCUT2D eigenvalue weighted by Crippen LogP contribution is -2.07. The van der Waals surface area contributed by atoms with Crippen molar-refractivity contribution >= 4 is 0 Å². The van der Waals surface area contributed by atoms with Crippen molar-refractivity contribution in [3.05, 3.63) is 59.7 Å². The summed E-state index contributed by atoms with van der Waals surface area (Å²) in [6.45, 7) is 0. The highest BCUT2D eigenvalue weighted by Gasteiger charge is 2.12. The van der Waals surface area contributed by atoms with E-state index in [2.05, 4.69) is 48.5 Å². The molecular weight excluding hydrogens is 182 g/mol. The lowest BCUT2D eigenvalue weighted by atomic mass is 9.86. The quantitative estimate of drug-likeness (QED) is 0.744. The van der Waals surface area contributed by atoms with Crippen molar-refractivity contribution in [3.8, 4) is 11.1 Å². The molecule has 0 bridgehead atoms. The van der Waals surface area contributed by atoms with Gasteiger partial charge in [0, 0.05) is 0 Å². The molecule has 0 spiro atoms. The number of aryl methyl sites for hydroxylation is 2. The number of hydrogen-bond donors (Lipinski definition) is 1. The molecule has 0 heterocycles. The fourth-order valence-electron chi connectivity index (χ4n) is 2.01. The van der Waals surface area contributed by atoms with E-state index in [1.54, 1.807) is 0 Å². The van der Waals surface area contributed by atoms with Gasteiger partial charge < -0.3 is 6.15 Å². The molecule has 2 aromatic rings. The molecule has 15 heavy (non-hydrogen) atoms. The molecule has 3 rings (SSSR count). The van der Waals surface area contributed by atoms with Crippen molar-refractivity contribution < 1.29 is 0 Å². The van der Waals surface area contributed by atoms with Gasteiger partial charge in [-0.2, -0.15) is 0 Å². The van der Waals surface area contributed by atoms with Crippen molar-refractivity contribution in [2.75, 3.05) is 0 Å². The topological polar surface area (TPSA) is 35.0 Å². The van der Waals surface area contributed by atoms with Gasteiger partial charge in [0.1, 0.15) is 0 Å². The van der Waals surface area contributed by atoms with E-state index in [1.807, 2.05) is 0 Å². The van der Waals surface area contributed by atoms with Gasteiger partial charge >= 0.3 is 0 Å². The fourth-order valence-corrected chi connectivity index (χ4v) is 2.01. The van der Waals surface area contributed by atoms with Crippen LogP contribution in [0, 0.1) is 0 Å². The van der Waals surface area contributed by atoms with Crippen molar-refractivity contribution in [3.63, 3.8) is 0 Å². The number of fused-ring (bicyclic) bond motifs is 1. The molecule has 1 aliphatic rings. The van der Waals surface area contributed by atoms with Gasteiger partial charge in [0.05, 0.1) is 0 Å². The first kappa shape index (κ1) is 9.94. The summed E-state index contributed by atoms with van der Waals surface area (Å²) in [5.74, 6) is 0. The molecule has 0 saturated carbocycles. The summed E-state index contributed by atoms with van der Waals surface area (Å²) in [6.07, 6.45) is 2.53. The Morgan fingerprint density at radius 2 is 1.40 bits per heavy atom. The third-order valence-electron chi connectivity index (χ3n) is 2.98. The van der Waals surface area contributed by atoms with Crippen LogP contribution in [-0.2, 0) is 12.8 Å². The minimum Gasteiger partial charge on any atom is -0.344 e. The first-order chi connectivity index (χ1) is 6.93. The zero-order valence-corrected chi connectivity index (χ0v) is 8.74. The van der Waals surface area contributed by atoms with Crippen LogP contribution in [-0.4, -0.2) is 0 Å². The summed E-state index contributed by atoms with van der Waals surface area (Å²) in [7, 11) is 0. The maximum Gasteiger partial charge on any atom is -0.0181 e. The summed E-state index contributed by atoms with van der Waals surface area (Å²) in [4.78, 5) is 0. The van der Waals surface area contributed by atoms with Crippen molar-refractivity contribution in [2.45, 2.75) is 12.8 Å². The van der Waals surface area contributed by atoms with E-state index in [1.165, 1.54) is 35.1 Å². The van der Waals surface area contributed by atoms with Crippen LogP contribution in [0.15, 0.2) is 48.5 Å². The average Bonchev–Trinajstić information content (AvgIpc) is 2.21. The van der Waals surface area contributed by atoms with Crippen molar-refractivity contribution in [1.82, 2.24) is 6.15 Å². The van der Waals surface area contributed by atoms with E-state index >= 15 is 0 Å². The molecule has 2 aromatic carbocycles. The Morgan fingerprint density at radius 1 is 0.667 bits per heavy atom. The van der Waals surface area contributed by atoms with Crippen molar-refractivity contribution in [1.29, 1.82) is 0 Å². The van der Waals surface area contributed by atoms with Gasteiger partial charge in [-0.15, -0.1) is 0 Å². The largest absolute Gasteiger partial charge is 0.344 e. The summed E-state index contributed by atoms with van der Waals surface area (Å²) >= 11 is 0. The maximum atomic E-state index is 2.33. The van der Waals surface area contributed by atoms with E-state index in [-0.39, 0.29) is 6.15 Å². The van der Waals surface area contributed by atoms with Gasteiger partial charge in [-0.1, -0.05) is 48.5 Å². The smallest absolute Gasteiger partial charge is 0.0181 e. The Kier molecular flexibility index (Phi) is 2.57. The van der Waals surface area contributed by atoms with Gasteiger partial charge in [-0.05, 0) is 35.1 Å². The molecule has 1 heteroatoms. The van der Waals surface area contributed by atoms with Gasteiger partial charge in [-0.3, -0.25) is 0 Å². The molecule has 0 amide bonds. The van der Waals surface area contributed by atoms with E-state index < -0.39 is 0 Å². The molecule has 0 atom stereocenters. The lowest BCUT2D eigenvalue weighted by Gasteiger charge is -2.19. The molecule has 1 aliphatic carbocycles. The highest BCUT2D eigenvalue weighted by molar-refractivity contribution is 5.65. The van der Waals surface area contributed by atoms with E-state index in [0.29, 0.717) is 0 Å². The monoisotopic (exact) mass is 197 g/mol. The van der Waals surface area contributed by atoms with E-state index in [9.17, 15) is 0 Å². The van der Waals surface area contributed by atoms with Crippen molar-refractivity contribution in [2.24, 2.45) is 0 Å². The maximum absolute atomic E-state index is 2.33. The second-order valence-corrected chi connectivity index (χ2v) is 3.85. The Balaban J connectivity index is 0.000000853. The van der Waals surface area contributed by atoms with Gasteiger partial charge in [0.15, 0.2) is 0 Å². The molecule has 0 aliphatic heterocycles. The molecule has 0 aromatic heterocycles. The van der Waals surface area contributed by atoms with Crippen LogP contribution < -0.4 is 6.15 Å². The Labute approximate surface area is 90.3 Å². The fraction of sp³-hybridized carbons (Fsp3) is 0.143. The zero-order valence-electron chi connectivity index (χ0n) is 8.74. The SMILES string of the molecule is N.c1ccc(-c2ccc3c(c2)CC3)cc1. The standard InChI is InChI=1S/C14H12.H3N/c1-2-4-11(5-3-1)13-8-6-12-7-9-14(12)10-13;/h1-6,8,10H,7,9H2;1H3. The van der Waals surface area contributed by atoms with Crippen LogP contribution in [0.3, 0.4) is 0 Å². The van der Waals surface area contributed by atoms with Crippen LogP contribution in [0.1, 0.15) is 11.1 Å². The highest BCUT2D eigenvalue weighted by Crippen LogP contribution is 2.28. The Morgan fingerprint density at radius 3 is 2.00 bits per heavy atom. The molecule has 3 N–H and O–H groups in total. The average molecular weight is 197 g/mol. The predicted molar refractivity (Wildman–Crippen MR) is 64.3 cm³/mol. The normalized spacial score (nSPS) is 12.3. The Bertz CT molecular complexity index is 460. The first-order valence-corrected chi connectivity index (χ1v) is 5.11.